The van der Waals surface area contributed by atoms with Crippen LogP contribution in [0.5, 0.6) is 17.2 Å². The molecule has 4 fully saturated rings. The third kappa shape index (κ3) is 11.2. The van der Waals surface area contributed by atoms with Gasteiger partial charge in [-0.15, -0.1) is 0 Å². The van der Waals surface area contributed by atoms with Crippen LogP contribution in [0.3, 0.4) is 0 Å². The molecule has 65 heavy (non-hydrogen) atoms. The fourth-order valence-electron chi connectivity index (χ4n) is 9.62. The number of piperidine rings is 3. The van der Waals surface area contributed by atoms with Crippen molar-refractivity contribution in [1.29, 1.82) is 0 Å². The normalized spacial score (nSPS) is 20.0. The lowest BCUT2D eigenvalue weighted by Crippen LogP contribution is -2.53. The van der Waals surface area contributed by atoms with Crippen molar-refractivity contribution in [2.75, 3.05) is 53.5 Å². The summed E-state index contributed by atoms with van der Waals surface area (Å²) in [4.78, 5) is 46.4. The minimum Gasteiger partial charge on any atom is -0.506 e. The van der Waals surface area contributed by atoms with Crippen LogP contribution in [0.15, 0.2) is 65.5 Å². The Morgan fingerprint density at radius 2 is 1.78 bits per heavy atom. The number of esters is 1. The van der Waals surface area contributed by atoms with Gasteiger partial charge in [0.15, 0.2) is 14.9 Å². The van der Waals surface area contributed by atoms with Crippen LogP contribution in [0, 0.1) is 5.92 Å². The van der Waals surface area contributed by atoms with E-state index in [1.54, 1.807) is 43.3 Å². The second-order valence-electron chi connectivity index (χ2n) is 20.0. The number of carbonyl (C=O) groups is 2. The molecule has 1 aliphatic carbocycles. The molecule has 14 heteroatoms. The van der Waals surface area contributed by atoms with E-state index in [0.717, 1.165) is 99.7 Å². The number of methoxy groups -OCH3 is 1. The Labute approximate surface area is 390 Å². The first-order valence-corrected chi connectivity index (χ1v) is 26.8. The maximum atomic E-state index is 14.1. The molecule has 1 aromatic heterocycles. The number of ether oxygens (including phenoxy) is 3. The third-order valence-electron chi connectivity index (χ3n) is 14.6. The van der Waals surface area contributed by atoms with Gasteiger partial charge < -0.3 is 38.9 Å². The topological polar surface area (TPSA) is 143 Å². The highest BCUT2D eigenvalue weighted by molar-refractivity contribution is 6.74. The number of aromatic hydroxyl groups is 1. The van der Waals surface area contributed by atoms with E-state index in [1.165, 1.54) is 6.07 Å². The average Bonchev–Trinajstić information content (AvgIpc) is 3.29. The highest BCUT2D eigenvalue weighted by atomic mass is 35.5. The van der Waals surface area contributed by atoms with Crippen molar-refractivity contribution in [3.63, 3.8) is 0 Å². The summed E-state index contributed by atoms with van der Waals surface area (Å²) in [6.07, 6.45) is 8.18. The van der Waals surface area contributed by atoms with E-state index in [9.17, 15) is 19.5 Å². The SMILES string of the molecule is COc1cc(OCC(=O)N(C)CCCc2cccc(C3(C(=O)O[C@H]4CN5CCC4CC5)CCCCC3)c2)c(Cl)cc1CNC[C@H](O[Si](C)(C)C(C)(C)C)c1ccc(O)c2[nH]c(=O)ccc12. The molecular formula is C51H69ClN4O8Si. The van der Waals surface area contributed by atoms with Crippen molar-refractivity contribution in [1.82, 2.24) is 20.1 Å². The van der Waals surface area contributed by atoms with Crippen molar-refractivity contribution in [2.45, 2.75) is 121 Å². The van der Waals surface area contributed by atoms with Crippen LogP contribution in [0.25, 0.3) is 10.9 Å². The first kappa shape index (κ1) is 48.5. The smallest absolute Gasteiger partial charge is 0.316 e. The summed E-state index contributed by atoms with van der Waals surface area (Å²) in [6, 6.07) is 18.6. The molecule has 1 amide bonds. The van der Waals surface area contributed by atoms with Gasteiger partial charge >= 0.3 is 5.97 Å². The van der Waals surface area contributed by atoms with Crippen molar-refractivity contribution in [3.05, 3.63) is 98.3 Å². The van der Waals surface area contributed by atoms with E-state index in [1.807, 2.05) is 6.07 Å². The van der Waals surface area contributed by atoms with Crippen LogP contribution in [0.1, 0.15) is 100 Å². The van der Waals surface area contributed by atoms with Crippen LogP contribution in [-0.2, 0) is 37.1 Å². The van der Waals surface area contributed by atoms with E-state index in [4.69, 9.17) is 30.2 Å². The fraction of sp³-hybridized carbons (Fsp3) is 0.549. The summed E-state index contributed by atoms with van der Waals surface area (Å²) in [5, 5.41) is 15.1. The molecule has 3 aliphatic heterocycles. The van der Waals surface area contributed by atoms with Gasteiger partial charge in [-0.2, -0.15) is 0 Å². The molecule has 3 N–H and O–H groups in total. The number of phenols is 1. The Morgan fingerprint density at radius 3 is 2.48 bits per heavy atom. The minimum atomic E-state index is -2.28. The summed E-state index contributed by atoms with van der Waals surface area (Å²) in [6.45, 7) is 15.2. The lowest BCUT2D eigenvalue weighted by molar-refractivity contribution is -0.167. The first-order valence-electron chi connectivity index (χ1n) is 23.5. The molecule has 2 bridgehead atoms. The summed E-state index contributed by atoms with van der Waals surface area (Å²) in [5.74, 6) is 1.16. The molecule has 1 saturated carbocycles. The average molecular weight is 930 g/mol. The Morgan fingerprint density at radius 1 is 1.03 bits per heavy atom. The Kier molecular flexibility index (Phi) is 15.4. The number of aromatic amines is 1. The number of aryl methyl sites for hydroxylation is 1. The van der Waals surface area contributed by atoms with Gasteiger partial charge in [0.2, 0.25) is 5.56 Å². The number of rotatable bonds is 18. The molecule has 0 spiro atoms. The lowest BCUT2D eigenvalue weighted by Gasteiger charge is -2.45. The van der Waals surface area contributed by atoms with Gasteiger partial charge in [0.05, 0.1) is 29.2 Å². The number of nitrogens with zero attached hydrogens (tertiary/aromatic N) is 2. The standard InChI is InChI=1S/C51H69ClN4O8Si/c1-50(2,3)65(6,7)64-44(38-16-18-41(57)48-39(38)17-19-46(58)54-48)31-53-30-36-28-40(52)43(29-42(36)61-5)62-33-47(59)55(4)24-12-14-34-13-11-15-37(27-34)51(22-9-8-10-23-51)49(60)63-45-32-56-25-20-35(45)21-26-56/h11,13,15-19,27-29,35,44-45,53,57H,8-10,12,14,20-26,30-33H2,1-7H3,(H,54,58)/t44-,45-/m0/s1. The molecular weight excluding hydrogens is 860 g/mol. The Bertz CT molecular complexity index is 2370. The predicted molar refractivity (Wildman–Crippen MR) is 259 cm³/mol. The zero-order chi connectivity index (χ0) is 46.5. The van der Waals surface area contributed by atoms with Crippen molar-refractivity contribution < 1.29 is 33.3 Å². The van der Waals surface area contributed by atoms with E-state index in [2.05, 4.69) is 73.3 Å². The van der Waals surface area contributed by atoms with Gasteiger partial charge in [-0.05, 0) is 111 Å². The molecule has 12 nitrogen and oxygen atoms in total. The summed E-state index contributed by atoms with van der Waals surface area (Å²) < 4.78 is 25.1. The number of aromatic nitrogens is 1. The van der Waals surface area contributed by atoms with Gasteiger partial charge in [-0.25, -0.2) is 0 Å². The van der Waals surface area contributed by atoms with Crippen LogP contribution in [0.2, 0.25) is 23.2 Å². The molecule has 2 atom stereocenters. The second-order valence-corrected chi connectivity index (χ2v) is 25.2. The van der Waals surface area contributed by atoms with Crippen molar-refractivity contribution in [2.24, 2.45) is 5.92 Å². The lowest BCUT2D eigenvalue weighted by atomic mass is 9.69. The van der Waals surface area contributed by atoms with E-state index < -0.39 is 19.8 Å². The van der Waals surface area contributed by atoms with E-state index in [0.29, 0.717) is 53.0 Å². The number of fused-ring (bicyclic) bond motifs is 4. The largest absolute Gasteiger partial charge is 0.506 e. The number of phenolic OH excluding ortho intramolecular Hbond substituents is 1. The molecule has 4 heterocycles. The molecule has 352 valence electrons. The van der Waals surface area contributed by atoms with Crippen molar-refractivity contribution in [3.8, 4) is 17.2 Å². The highest BCUT2D eigenvalue weighted by Gasteiger charge is 2.46. The van der Waals surface area contributed by atoms with E-state index >= 15 is 0 Å². The highest BCUT2D eigenvalue weighted by Crippen LogP contribution is 2.44. The van der Waals surface area contributed by atoms with Crippen molar-refractivity contribution >= 4 is 42.7 Å². The van der Waals surface area contributed by atoms with Gasteiger partial charge in [0, 0.05) is 56.3 Å². The van der Waals surface area contributed by atoms with Gasteiger partial charge in [-0.3, -0.25) is 19.3 Å². The molecule has 8 rings (SSSR count). The number of amides is 1. The fourth-order valence-corrected chi connectivity index (χ4v) is 11.1. The number of H-pyrrole nitrogens is 1. The summed E-state index contributed by atoms with van der Waals surface area (Å²) in [7, 11) is 1.08. The quantitative estimate of drug-likeness (QED) is 0.0654. The number of hydrogen-bond acceptors (Lipinski definition) is 10. The monoisotopic (exact) mass is 928 g/mol. The number of hydrogen-bond donors (Lipinski definition) is 3. The predicted octanol–water partition coefficient (Wildman–Crippen LogP) is 9.06. The maximum absolute atomic E-state index is 14.1. The van der Waals surface area contributed by atoms with Crippen LogP contribution in [0.4, 0.5) is 0 Å². The van der Waals surface area contributed by atoms with Gasteiger partial charge in [0.25, 0.3) is 5.91 Å². The molecule has 4 aromatic rings. The van der Waals surface area contributed by atoms with Gasteiger partial charge in [-0.1, -0.05) is 82.0 Å². The number of likely N-dealkylation sites (N-methyl/N-ethyl adjacent to an activating group) is 1. The number of carbonyl (C=O) groups excluding carboxylic acids is 2. The second kappa shape index (κ2) is 20.6. The number of nitrogens with one attached hydrogen (secondary N) is 2. The van der Waals surface area contributed by atoms with Crippen LogP contribution in [-0.4, -0.2) is 99.7 Å². The van der Waals surface area contributed by atoms with Crippen LogP contribution < -0.4 is 20.3 Å². The summed E-state index contributed by atoms with van der Waals surface area (Å²) >= 11 is 6.77. The first-order chi connectivity index (χ1) is 31.0. The molecule has 3 aromatic carbocycles. The molecule has 0 unspecified atom stereocenters. The Balaban J connectivity index is 0.935. The van der Waals surface area contributed by atoms with Gasteiger partial charge in [0.1, 0.15) is 23.4 Å². The summed E-state index contributed by atoms with van der Waals surface area (Å²) in [5.41, 5.74) is 3.34. The molecule has 4 aliphatic rings. The van der Waals surface area contributed by atoms with E-state index in [-0.39, 0.29) is 40.9 Å². The molecule has 3 saturated heterocycles. The maximum Gasteiger partial charge on any atom is 0.316 e. The Hall–Kier alpha value is -4.40. The van der Waals surface area contributed by atoms with Crippen LogP contribution >= 0.6 is 11.6 Å². The number of pyridine rings is 1. The molecule has 0 radical (unpaired) electrons. The third-order valence-corrected chi connectivity index (χ3v) is 19.4. The minimum absolute atomic E-state index is 0.00153. The zero-order valence-electron chi connectivity index (χ0n) is 39.4. The zero-order valence-corrected chi connectivity index (χ0v) is 41.2. The number of benzene rings is 3. The number of halogens is 1.